The summed E-state index contributed by atoms with van der Waals surface area (Å²) in [5.74, 6) is 0. The zero-order valence-electron chi connectivity index (χ0n) is 10.3. The first kappa shape index (κ1) is 12.3. The van der Waals surface area contributed by atoms with Gasteiger partial charge in [0.05, 0.1) is 0 Å². The molecule has 0 aliphatic heterocycles. The van der Waals surface area contributed by atoms with Gasteiger partial charge in [-0.1, -0.05) is 27.7 Å². The molecule has 0 unspecified atom stereocenters. The molecule has 1 aliphatic rings. The van der Waals surface area contributed by atoms with E-state index in [4.69, 9.17) is 5.73 Å². The molecule has 0 saturated heterocycles. The Hall–Kier alpha value is -0.770. The van der Waals surface area contributed by atoms with Gasteiger partial charge in [-0.15, -0.1) is 0 Å². The molecule has 0 atom stereocenters. The number of hydrogen-bond acceptors (Lipinski definition) is 2. The Balaban J connectivity index is 2.66. The second-order valence-corrected chi connectivity index (χ2v) is 5.56. The van der Waals surface area contributed by atoms with Gasteiger partial charge in [0, 0.05) is 29.5 Å². The van der Waals surface area contributed by atoms with E-state index in [0.717, 1.165) is 0 Å². The van der Waals surface area contributed by atoms with E-state index in [1.165, 1.54) is 0 Å². The fourth-order valence-electron chi connectivity index (χ4n) is 2.90. The van der Waals surface area contributed by atoms with E-state index in [2.05, 4.69) is 38.3 Å². The van der Waals surface area contributed by atoms with Gasteiger partial charge < -0.3 is 16.4 Å². The van der Waals surface area contributed by atoms with E-state index in [1.54, 1.807) is 0 Å². The molecule has 4 N–H and O–H groups in total. The van der Waals surface area contributed by atoms with Crippen LogP contribution in [-0.2, 0) is 0 Å². The summed E-state index contributed by atoms with van der Waals surface area (Å²) in [6, 6.07) is 0.152. The highest BCUT2D eigenvalue weighted by atomic mass is 16.2. The van der Waals surface area contributed by atoms with Crippen LogP contribution in [0.15, 0.2) is 0 Å². The summed E-state index contributed by atoms with van der Waals surface area (Å²) in [5, 5.41) is 5.74. The molecule has 1 rings (SSSR count). The van der Waals surface area contributed by atoms with Crippen molar-refractivity contribution in [2.45, 2.75) is 46.7 Å². The minimum atomic E-state index is -0.101. The van der Waals surface area contributed by atoms with Crippen molar-refractivity contribution in [3.63, 3.8) is 0 Å². The molecule has 0 heterocycles. The maximum absolute atomic E-state index is 11.5. The van der Waals surface area contributed by atoms with Crippen LogP contribution in [-0.4, -0.2) is 24.7 Å². The van der Waals surface area contributed by atoms with Crippen molar-refractivity contribution in [1.82, 2.24) is 10.6 Å². The Morgan fingerprint density at radius 3 is 2.13 bits per heavy atom. The van der Waals surface area contributed by atoms with Gasteiger partial charge in [-0.2, -0.15) is 0 Å². The van der Waals surface area contributed by atoms with Crippen LogP contribution in [0.2, 0.25) is 0 Å². The Labute approximate surface area is 92.0 Å². The number of amides is 2. The second-order valence-electron chi connectivity index (χ2n) is 5.56. The summed E-state index contributed by atoms with van der Waals surface area (Å²) >= 11 is 0. The standard InChI is InChI=1S/C11H23N3O/c1-6-13-9(15)14-8-10(2,3)7(12)11(8,4)5/h7-8H,6,12H2,1-5H3,(H2,13,14,15). The third kappa shape index (κ3) is 1.83. The van der Waals surface area contributed by atoms with Crippen molar-refractivity contribution >= 4 is 6.03 Å². The molecular weight excluding hydrogens is 190 g/mol. The monoisotopic (exact) mass is 213 g/mol. The zero-order chi connectivity index (χ0) is 11.9. The molecule has 4 nitrogen and oxygen atoms in total. The molecule has 15 heavy (non-hydrogen) atoms. The van der Waals surface area contributed by atoms with Gasteiger partial charge in [0.15, 0.2) is 0 Å². The van der Waals surface area contributed by atoms with Crippen LogP contribution < -0.4 is 16.4 Å². The number of urea groups is 1. The number of hydrogen-bond donors (Lipinski definition) is 3. The quantitative estimate of drug-likeness (QED) is 0.642. The lowest BCUT2D eigenvalue weighted by atomic mass is 9.48. The number of rotatable bonds is 2. The Morgan fingerprint density at radius 2 is 1.73 bits per heavy atom. The molecule has 1 aliphatic carbocycles. The summed E-state index contributed by atoms with van der Waals surface area (Å²) in [5.41, 5.74) is 6.04. The number of carbonyl (C=O) groups excluding carboxylic acids is 1. The van der Waals surface area contributed by atoms with Gasteiger partial charge in [0.2, 0.25) is 0 Å². The van der Waals surface area contributed by atoms with Crippen LogP contribution in [0.25, 0.3) is 0 Å². The maximum Gasteiger partial charge on any atom is 0.315 e. The number of nitrogens with two attached hydrogens (primary N) is 1. The van der Waals surface area contributed by atoms with Gasteiger partial charge in [-0.25, -0.2) is 4.79 Å². The van der Waals surface area contributed by atoms with Gasteiger partial charge in [-0.3, -0.25) is 0 Å². The SMILES string of the molecule is CCNC(=O)NC1C(C)(C)C(N)C1(C)C. The van der Waals surface area contributed by atoms with Crippen molar-refractivity contribution < 1.29 is 4.79 Å². The number of nitrogens with one attached hydrogen (secondary N) is 2. The Kier molecular flexibility index (Phi) is 3.01. The van der Waals surface area contributed by atoms with E-state index in [-0.39, 0.29) is 28.9 Å². The summed E-state index contributed by atoms with van der Waals surface area (Å²) < 4.78 is 0. The fourth-order valence-corrected chi connectivity index (χ4v) is 2.90. The first-order chi connectivity index (χ1) is 6.74. The molecule has 0 spiro atoms. The van der Waals surface area contributed by atoms with Crippen molar-refractivity contribution in [2.75, 3.05) is 6.54 Å². The molecule has 4 heteroatoms. The second kappa shape index (κ2) is 3.67. The average molecular weight is 213 g/mol. The third-order valence-corrected chi connectivity index (χ3v) is 3.70. The van der Waals surface area contributed by atoms with E-state index in [0.29, 0.717) is 6.54 Å². The van der Waals surface area contributed by atoms with Gasteiger partial charge in [0.1, 0.15) is 0 Å². The van der Waals surface area contributed by atoms with E-state index in [1.807, 2.05) is 6.92 Å². The predicted octanol–water partition coefficient (Wildman–Crippen LogP) is 1.07. The molecular formula is C11H23N3O. The van der Waals surface area contributed by atoms with Crippen molar-refractivity contribution in [3.05, 3.63) is 0 Å². The van der Waals surface area contributed by atoms with Crippen LogP contribution in [0, 0.1) is 10.8 Å². The van der Waals surface area contributed by atoms with Crippen molar-refractivity contribution in [3.8, 4) is 0 Å². The van der Waals surface area contributed by atoms with E-state index >= 15 is 0 Å². The maximum atomic E-state index is 11.5. The minimum absolute atomic E-state index is 0.0332. The lowest BCUT2D eigenvalue weighted by Crippen LogP contribution is -2.76. The van der Waals surface area contributed by atoms with Crippen molar-refractivity contribution in [1.29, 1.82) is 0 Å². The molecule has 0 aromatic carbocycles. The highest BCUT2D eigenvalue weighted by Crippen LogP contribution is 2.52. The van der Waals surface area contributed by atoms with Crippen LogP contribution >= 0.6 is 0 Å². The average Bonchev–Trinajstić information content (AvgIpc) is 2.13. The van der Waals surface area contributed by atoms with Crippen molar-refractivity contribution in [2.24, 2.45) is 16.6 Å². The summed E-state index contributed by atoms with van der Waals surface area (Å²) in [6.45, 7) is 10.9. The number of carbonyl (C=O) groups is 1. The molecule has 0 aromatic rings. The lowest BCUT2D eigenvalue weighted by molar-refractivity contribution is -0.0645. The summed E-state index contributed by atoms with van der Waals surface area (Å²) in [4.78, 5) is 11.5. The molecule has 0 aromatic heterocycles. The molecule has 88 valence electrons. The minimum Gasteiger partial charge on any atom is -0.338 e. The highest BCUT2D eigenvalue weighted by molar-refractivity contribution is 5.74. The third-order valence-electron chi connectivity index (χ3n) is 3.70. The van der Waals surface area contributed by atoms with E-state index < -0.39 is 0 Å². The first-order valence-electron chi connectivity index (χ1n) is 5.54. The lowest BCUT2D eigenvalue weighted by Gasteiger charge is -2.62. The smallest absolute Gasteiger partial charge is 0.315 e. The molecule has 1 fully saturated rings. The topological polar surface area (TPSA) is 67.2 Å². The zero-order valence-corrected chi connectivity index (χ0v) is 10.3. The molecule has 2 amide bonds. The van der Waals surface area contributed by atoms with Crippen LogP contribution in [0.5, 0.6) is 0 Å². The van der Waals surface area contributed by atoms with Crippen LogP contribution in [0.3, 0.4) is 0 Å². The fraction of sp³-hybridized carbons (Fsp3) is 0.909. The normalized spacial score (nSPS) is 31.6. The largest absolute Gasteiger partial charge is 0.338 e. The first-order valence-corrected chi connectivity index (χ1v) is 5.54. The van der Waals surface area contributed by atoms with Crippen LogP contribution in [0.1, 0.15) is 34.6 Å². The van der Waals surface area contributed by atoms with Crippen LogP contribution in [0.4, 0.5) is 4.79 Å². The van der Waals surface area contributed by atoms with E-state index in [9.17, 15) is 4.79 Å². The predicted molar refractivity (Wildman–Crippen MR) is 61.5 cm³/mol. The van der Waals surface area contributed by atoms with Gasteiger partial charge in [-0.05, 0) is 6.92 Å². The van der Waals surface area contributed by atoms with Gasteiger partial charge in [0.25, 0.3) is 0 Å². The molecule has 0 bridgehead atoms. The Morgan fingerprint density at radius 1 is 1.27 bits per heavy atom. The summed E-state index contributed by atoms with van der Waals surface area (Å²) in [7, 11) is 0. The highest BCUT2D eigenvalue weighted by Gasteiger charge is 2.60. The molecule has 0 radical (unpaired) electrons. The summed E-state index contributed by atoms with van der Waals surface area (Å²) in [6.07, 6.45) is 0. The Bertz CT molecular complexity index is 245. The van der Waals surface area contributed by atoms with Gasteiger partial charge >= 0.3 is 6.03 Å². The molecule has 1 saturated carbocycles.